The summed E-state index contributed by atoms with van der Waals surface area (Å²) >= 11 is 6.02. The zero-order chi connectivity index (χ0) is 21.3. The summed E-state index contributed by atoms with van der Waals surface area (Å²) in [6.45, 7) is 2.82. The van der Waals surface area contributed by atoms with Crippen LogP contribution in [0.15, 0.2) is 42.5 Å². The van der Waals surface area contributed by atoms with E-state index in [0.717, 1.165) is 18.4 Å². The lowest BCUT2D eigenvalue weighted by molar-refractivity contribution is 0.0475. The number of carbonyl (C=O) groups excluding carboxylic acids is 3. The first-order chi connectivity index (χ1) is 14.4. The summed E-state index contributed by atoms with van der Waals surface area (Å²) in [5.74, 6) is -0.982. The average Bonchev–Trinajstić information content (AvgIpc) is 3.31. The number of amides is 3. The molecule has 2 atom stereocenters. The predicted octanol–water partition coefficient (Wildman–Crippen LogP) is 3.48. The predicted molar refractivity (Wildman–Crippen MR) is 113 cm³/mol. The molecule has 0 aliphatic carbocycles. The van der Waals surface area contributed by atoms with Crippen molar-refractivity contribution in [3.05, 3.63) is 69.7 Å². The first-order valence-corrected chi connectivity index (χ1v) is 10.5. The van der Waals surface area contributed by atoms with Gasteiger partial charge in [-0.1, -0.05) is 23.7 Å². The van der Waals surface area contributed by atoms with Crippen molar-refractivity contribution in [2.75, 3.05) is 13.2 Å². The lowest BCUT2D eigenvalue weighted by Crippen LogP contribution is -2.36. The van der Waals surface area contributed by atoms with Gasteiger partial charge in [-0.15, -0.1) is 0 Å². The molecule has 2 aromatic rings. The van der Waals surface area contributed by atoms with E-state index in [2.05, 4.69) is 5.32 Å². The molecular formula is C23H23ClN2O4. The number of ether oxygens (including phenoxy) is 1. The zero-order valence-corrected chi connectivity index (χ0v) is 17.4. The van der Waals surface area contributed by atoms with Crippen LogP contribution in [0.4, 0.5) is 0 Å². The quantitative estimate of drug-likeness (QED) is 0.717. The molecule has 0 radical (unpaired) electrons. The largest absolute Gasteiger partial charge is 0.376 e. The number of fused-ring (bicyclic) bond motifs is 1. The van der Waals surface area contributed by atoms with Crippen molar-refractivity contribution in [1.29, 1.82) is 0 Å². The molecule has 6 nitrogen and oxygen atoms in total. The lowest BCUT2D eigenvalue weighted by Gasteiger charge is -2.17. The molecule has 1 fully saturated rings. The monoisotopic (exact) mass is 426 g/mol. The number of benzene rings is 2. The third kappa shape index (κ3) is 4.25. The fourth-order valence-electron chi connectivity index (χ4n) is 3.97. The Kier molecular flexibility index (Phi) is 5.88. The number of carbonyl (C=O) groups is 3. The Labute approximate surface area is 180 Å². The maximum atomic E-state index is 12.8. The molecule has 2 aromatic carbocycles. The molecule has 4 rings (SSSR count). The van der Waals surface area contributed by atoms with Gasteiger partial charge >= 0.3 is 0 Å². The highest BCUT2D eigenvalue weighted by Gasteiger charge is 2.38. The molecule has 30 heavy (non-hydrogen) atoms. The molecule has 1 N–H and O–H groups in total. The fraction of sp³-hybridized carbons (Fsp3) is 0.348. The van der Waals surface area contributed by atoms with Crippen molar-refractivity contribution < 1.29 is 19.1 Å². The highest BCUT2D eigenvalue weighted by atomic mass is 35.5. The van der Waals surface area contributed by atoms with Crippen LogP contribution in [0.2, 0.25) is 5.02 Å². The highest BCUT2D eigenvalue weighted by molar-refractivity contribution is 6.30. The molecule has 0 unspecified atom stereocenters. The van der Waals surface area contributed by atoms with Crippen LogP contribution in [0, 0.1) is 0 Å². The summed E-state index contributed by atoms with van der Waals surface area (Å²) < 4.78 is 5.55. The summed E-state index contributed by atoms with van der Waals surface area (Å²) in [5.41, 5.74) is 1.98. The van der Waals surface area contributed by atoms with Crippen molar-refractivity contribution in [1.82, 2.24) is 10.2 Å². The van der Waals surface area contributed by atoms with E-state index >= 15 is 0 Å². The van der Waals surface area contributed by atoms with E-state index in [1.54, 1.807) is 18.2 Å². The van der Waals surface area contributed by atoms with Gasteiger partial charge in [0, 0.05) is 23.2 Å². The average molecular weight is 427 g/mol. The SMILES string of the molecule is C[C@H](Cc1cccc(Cl)c1)NC(=O)c1ccc2c(c1)C(=O)N(C[C@@H]1CCCO1)C2=O. The Morgan fingerprint density at radius 3 is 2.73 bits per heavy atom. The minimum atomic E-state index is -0.368. The second-order valence-electron chi connectivity index (χ2n) is 7.82. The maximum absolute atomic E-state index is 12.8. The summed E-state index contributed by atoms with van der Waals surface area (Å²) in [5, 5.41) is 3.59. The van der Waals surface area contributed by atoms with Crippen LogP contribution in [0.5, 0.6) is 0 Å². The molecule has 2 heterocycles. The molecule has 0 spiro atoms. The van der Waals surface area contributed by atoms with Crippen LogP contribution in [-0.2, 0) is 11.2 Å². The van der Waals surface area contributed by atoms with Crippen molar-refractivity contribution in [3.8, 4) is 0 Å². The van der Waals surface area contributed by atoms with Crippen molar-refractivity contribution in [2.45, 2.75) is 38.3 Å². The standard InChI is InChI=1S/C23H23ClN2O4/c1-14(10-15-4-2-5-17(24)11-15)25-21(27)16-7-8-19-20(12-16)23(29)26(22(19)28)13-18-6-3-9-30-18/h2,4-5,7-8,11-12,14,18H,3,6,9-10,13H2,1H3,(H,25,27)/t14-,18+/m1/s1. The summed E-state index contributed by atoms with van der Waals surface area (Å²) in [7, 11) is 0. The Balaban J connectivity index is 1.44. The number of nitrogens with one attached hydrogen (secondary N) is 1. The minimum Gasteiger partial charge on any atom is -0.376 e. The summed E-state index contributed by atoms with van der Waals surface area (Å²) in [6, 6.07) is 12.0. The summed E-state index contributed by atoms with van der Waals surface area (Å²) in [4.78, 5) is 39.3. The van der Waals surface area contributed by atoms with E-state index in [-0.39, 0.29) is 42.0 Å². The molecule has 0 saturated carbocycles. The first kappa shape index (κ1) is 20.6. The Morgan fingerprint density at radius 1 is 1.20 bits per heavy atom. The van der Waals surface area contributed by atoms with E-state index in [0.29, 0.717) is 29.2 Å². The number of hydrogen-bond acceptors (Lipinski definition) is 4. The maximum Gasteiger partial charge on any atom is 0.261 e. The van der Waals surface area contributed by atoms with E-state index in [1.165, 1.54) is 11.0 Å². The van der Waals surface area contributed by atoms with Gasteiger partial charge in [-0.2, -0.15) is 0 Å². The third-order valence-corrected chi connectivity index (χ3v) is 5.69. The number of nitrogens with zero attached hydrogens (tertiary/aromatic N) is 1. The van der Waals surface area contributed by atoms with E-state index in [4.69, 9.17) is 16.3 Å². The molecule has 3 amide bonds. The molecule has 0 aromatic heterocycles. The van der Waals surface area contributed by atoms with Crippen LogP contribution in [0.25, 0.3) is 0 Å². The minimum absolute atomic E-state index is 0.109. The van der Waals surface area contributed by atoms with E-state index in [1.807, 2.05) is 25.1 Å². The lowest BCUT2D eigenvalue weighted by atomic mass is 10.0. The topological polar surface area (TPSA) is 75.7 Å². The Bertz CT molecular complexity index is 1000. The van der Waals surface area contributed by atoms with Gasteiger partial charge < -0.3 is 10.1 Å². The third-order valence-electron chi connectivity index (χ3n) is 5.45. The first-order valence-electron chi connectivity index (χ1n) is 10.1. The molecule has 7 heteroatoms. The van der Waals surface area contributed by atoms with Gasteiger partial charge in [0.25, 0.3) is 17.7 Å². The molecule has 2 aliphatic rings. The van der Waals surface area contributed by atoms with E-state index in [9.17, 15) is 14.4 Å². The van der Waals surface area contributed by atoms with Crippen LogP contribution >= 0.6 is 11.6 Å². The van der Waals surface area contributed by atoms with Gasteiger partial charge in [-0.25, -0.2) is 0 Å². The zero-order valence-electron chi connectivity index (χ0n) is 16.7. The van der Waals surface area contributed by atoms with Crippen LogP contribution < -0.4 is 5.32 Å². The fourth-order valence-corrected chi connectivity index (χ4v) is 4.18. The number of rotatable bonds is 6. The van der Waals surface area contributed by atoms with Gasteiger partial charge in [-0.3, -0.25) is 19.3 Å². The Morgan fingerprint density at radius 2 is 2.00 bits per heavy atom. The summed E-state index contributed by atoms with van der Waals surface area (Å²) in [6.07, 6.45) is 2.29. The number of hydrogen-bond donors (Lipinski definition) is 1. The number of imide groups is 1. The highest BCUT2D eigenvalue weighted by Crippen LogP contribution is 2.26. The van der Waals surface area contributed by atoms with Gasteiger partial charge in [0.2, 0.25) is 0 Å². The van der Waals surface area contributed by atoms with Gasteiger partial charge in [0.1, 0.15) is 0 Å². The van der Waals surface area contributed by atoms with Crippen molar-refractivity contribution >= 4 is 29.3 Å². The van der Waals surface area contributed by atoms with E-state index < -0.39 is 0 Å². The van der Waals surface area contributed by atoms with Gasteiger partial charge in [-0.05, 0) is 62.1 Å². The second kappa shape index (κ2) is 8.58. The van der Waals surface area contributed by atoms with Gasteiger partial charge in [0.05, 0.1) is 23.8 Å². The Hall–Kier alpha value is -2.70. The molecular weight excluding hydrogens is 404 g/mol. The van der Waals surface area contributed by atoms with Gasteiger partial charge in [0.15, 0.2) is 0 Å². The van der Waals surface area contributed by atoms with Crippen LogP contribution in [-0.4, -0.2) is 47.9 Å². The normalized spacial score (nSPS) is 19.1. The smallest absolute Gasteiger partial charge is 0.261 e. The van der Waals surface area contributed by atoms with Crippen LogP contribution in [0.3, 0.4) is 0 Å². The molecule has 156 valence electrons. The number of halogens is 1. The van der Waals surface area contributed by atoms with Crippen LogP contribution in [0.1, 0.15) is 56.4 Å². The van der Waals surface area contributed by atoms with Crippen molar-refractivity contribution in [3.63, 3.8) is 0 Å². The second-order valence-corrected chi connectivity index (χ2v) is 8.26. The van der Waals surface area contributed by atoms with Crippen molar-refractivity contribution in [2.24, 2.45) is 0 Å². The molecule has 1 saturated heterocycles. The molecule has 0 bridgehead atoms. The molecule has 2 aliphatic heterocycles.